The average molecular weight is 374 g/mol. The summed E-state index contributed by atoms with van der Waals surface area (Å²) >= 11 is 0. The number of benzene rings is 1. The van der Waals surface area contributed by atoms with Gasteiger partial charge in [0.05, 0.1) is 5.69 Å². The lowest BCUT2D eigenvalue weighted by Crippen LogP contribution is -2.50. The molecular formula is C18H19FN4O4. The fourth-order valence-corrected chi connectivity index (χ4v) is 2.81. The molecule has 0 spiro atoms. The van der Waals surface area contributed by atoms with E-state index in [4.69, 9.17) is 4.74 Å². The molecule has 0 bridgehead atoms. The third kappa shape index (κ3) is 4.30. The summed E-state index contributed by atoms with van der Waals surface area (Å²) in [5.74, 6) is -1.40. The number of halogens is 1. The average Bonchev–Trinajstić information content (AvgIpc) is 2.68. The number of amides is 1. The second-order valence-electron chi connectivity index (χ2n) is 6.08. The zero-order valence-corrected chi connectivity index (χ0v) is 14.8. The van der Waals surface area contributed by atoms with Crippen molar-refractivity contribution >= 4 is 17.6 Å². The molecule has 8 nitrogen and oxygen atoms in total. The number of anilines is 1. The summed E-state index contributed by atoms with van der Waals surface area (Å²) in [5, 5.41) is 3.78. The summed E-state index contributed by atoms with van der Waals surface area (Å²) in [5.41, 5.74) is 0.112. The van der Waals surface area contributed by atoms with Crippen LogP contribution in [0.1, 0.15) is 10.5 Å². The molecule has 0 N–H and O–H groups in total. The molecule has 27 heavy (non-hydrogen) atoms. The molecule has 9 heteroatoms. The molecule has 1 aliphatic rings. The molecule has 142 valence electrons. The van der Waals surface area contributed by atoms with Crippen LogP contribution in [0, 0.1) is 5.82 Å². The molecule has 2 heterocycles. The number of para-hydroxylation sites is 1. The van der Waals surface area contributed by atoms with Gasteiger partial charge < -0.3 is 14.5 Å². The van der Waals surface area contributed by atoms with E-state index in [9.17, 15) is 18.8 Å². The van der Waals surface area contributed by atoms with Crippen molar-refractivity contribution in [1.82, 2.24) is 14.7 Å². The predicted molar refractivity (Wildman–Crippen MR) is 95.0 cm³/mol. The summed E-state index contributed by atoms with van der Waals surface area (Å²) < 4.78 is 19.8. The number of rotatable bonds is 4. The fraction of sp³-hybridized carbons (Fsp3) is 0.333. The van der Waals surface area contributed by atoms with Crippen LogP contribution in [0.5, 0.6) is 0 Å². The molecule has 0 atom stereocenters. The molecule has 1 fully saturated rings. The van der Waals surface area contributed by atoms with Crippen LogP contribution in [0.3, 0.4) is 0 Å². The molecule has 1 aromatic heterocycles. The summed E-state index contributed by atoms with van der Waals surface area (Å²) in [7, 11) is 1.42. The van der Waals surface area contributed by atoms with Gasteiger partial charge in [0.25, 0.3) is 11.5 Å². The van der Waals surface area contributed by atoms with Crippen LogP contribution in [0.2, 0.25) is 0 Å². The summed E-state index contributed by atoms with van der Waals surface area (Å²) in [6.07, 6.45) is 0. The number of esters is 1. The van der Waals surface area contributed by atoms with Crippen LogP contribution < -0.4 is 10.5 Å². The predicted octanol–water partition coefficient (Wildman–Crippen LogP) is 0.425. The van der Waals surface area contributed by atoms with Crippen molar-refractivity contribution in [2.75, 3.05) is 37.7 Å². The van der Waals surface area contributed by atoms with E-state index in [1.807, 2.05) is 4.90 Å². The molecular weight excluding hydrogens is 355 g/mol. The summed E-state index contributed by atoms with van der Waals surface area (Å²) in [4.78, 5) is 38.9. The maximum absolute atomic E-state index is 13.8. The first-order valence-corrected chi connectivity index (χ1v) is 8.44. The Morgan fingerprint density at radius 1 is 1.11 bits per heavy atom. The second kappa shape index (κ2) is 7.98. The van der Waals surface area contributed by atoms with Crippen molar-refractivity contribution < 1.29 is 18.7 Å². The van der Waals surface area contributed by atoms with Crippen molar-refractivity contribution in [2.24, 2.45) is 7.05 Å². The molecule has 1 aliphatic heterocycles. The molecule has 1 saturated heterocycles. The Morgan fingerprint density at radius 2 is 1.81 bits per heavy atom. The van der Waals surface area contributed by atoms with Gasteiger partial charge in [-0.1, -0.05) is 12.1 Å². The van der Waals surface area contributed by atoms with E-state index in [2.05, 4.69) is 5.10 Å². The molecule has 0 aliphatic carbocycles. The van der Waals surface area contributed by atoms with Gasteiger partial charge in [0.2, 0.25) is 0 Å². The monoisotopic (exact) mass is 374 g/mol. The summed E-state index contributed by atoms with van der Waals surface area (Å²) in [6, 6.07) is 8.96. The largest absolute Gasteiger partial charge is 0.451 e. The van der Waals surface area contributed by atoms with Crippen LogP contribution >= 0.6 is 0 Å². The Morgan fingerprint density at radius 3 is 2.48 bits per heavy atom. The lowest BCUT2D eigenvalue weighted by Gasteiger charge is -2.36. The van der Waals surface area contributed by atoms with Gasteiger partial charge in [-0.15, -0.1) is 0 Å². The van der Waals surface area contributed by atoms with Crippen molar-refractivity contribution in [2.45, 2.75) is 0 Å². The Hall–Kier alpha value is -3.23. The molecule has 0 saturated carbocycles. The van der Waals surface area contributed by atoms with Crippen molar-refractivity contribution in [3.05, 3.63) is 58.3 Å². The van der Waals surface area contributed by atoms with Crippen LogP contribution in [0.15, 0.2) is 41.2 Å². The van der Waals surface area contributed by atoms with Gasteiger partial charge in [0, 0.05) is 39.3 Å². The van der Waals surface area contributed by atoms with Crippen LogP contribution in [-0.2, 0) is 16.6 Å². The van der Waals surface area contributed by atoms with Crippen molar-refractivity contribution in [3.63, 3.8) is 0 Å². The Kier molecular flexibility index (Phi) is 5.49. The molecule has 1 amide bonds. The van der Waals surface area contributed by atoms with E-state index in [-0.39, 0.29) is 23.0 Å². The van der Waals surface area contributed by atoms with E-state index in [1.54, 1.807) is 23.1 Å². The lowest BCUT2D eigenvalue weighted by atomic mass is 10.2. The number of piperazine rings is 1. The smallest absolute Gasteiger partial charge is 0.359 e. The van der Waals surface area contributed by atoms with E-state index >= 15 is 0 Å². The highest BCUT2D eigenvalue weighted by Gasteiger charge is 2.23. The number of carbonyl (C=O) groups is 2. The number of aromatic nitrogens is 2. The number of aryl methyl sites for hydroxylation is 1. The Bertz CT molecular complexity index is 906. The highest BCUT2D eigenvalue weighted by molar-refractivity contribution is 5.89. The third-order valence-electron chi connectivity index (χ3n) is 4.32. The van der Waals surface area contributed by atoms with Gasteiger partial charge in [-0.05, 0) is 18.2 Å². The number of hydrogen-bond acceptors (Lipinski definition) is 6. The fourth-order valence-electron chi connectivity index (χ4n) is 2.81. The minimum atomic E-state index is -0.774. The van der Waals surface area contributed by atoms with Crippen molar-refractivity contribution in [1.29, 1.82) is 0 Å². The van der Waals surface area contributed by atoms with Crippen LogP contribution in [-0.4, -0.2) is 59.3 Å². The summed E-state index contributed by atoms with van der Waals surface area (Å²) in [6.45, 7) is 1.38. The zero-order valence-electron chi connectivity index (χ0n) is 14.8. The topological polar surface area (TPSA) is 84.7 Å². The first kappa shape index (κ1) is 18.6. The minimum absolute atomic E-state index is 0.0470. The number of hydrogen-bond donors (Lipinski definition) is 0. The standard InChI is InChI=1S/C18H19FN4O4/c1-21-16(24)7-6-14(20-21)18(26)27-12-17(25)23-10-8-22(9-11-23)15-5-3-2-4-13(15)19/h2-7H,8-12H2,1H3. The number of carbonyl (C=O) groups excluding carboxylic acids is 2. The quantitative estimate of drug-likeness (QED) is 0.722. The van der Waals surface area contributed by atoms with Gasteiger partial charge in [0.1, 0.15) is 5.82 Å². The van der Waals surface area contributed by atoms with Crippen LogP contribution in [0.4, 0.5) is 10.1 Å². The maximum Gasteiger partial charge on any atom is 0.359 e. The molecule has 3 rings (SSSR count). The normalized spacial score (nSPS) is 14.1. The molecule has 0 unspecified atom stereocenters. The van der Waals surface area contributed by atoms with Crippen molar-refractivity contribution in [3.8, 4) is 0 Å². The second-order valence-corrected chi connectivity index (χ2v) is 6.08. The zero-order chi connectivity index (χ0) is 19.4. The number of ether oxygens (including phenoxy) is 1. The van der Waals surface area contributed by atoms with Crippen LogP contribution in [0.25, 0.3) is 0 Å². The first-order valence-electron chi connectivity index (χ1n) is 8.44. The molecule has 2 aromatic rings. The van der Waals surface area contributed by atoms with E-state index in [0.29, 0.717) is 31.9 Å². The van der Waals surface area contributed by atoms with E-state index < -0.39 is 12.6 Å². The minimum Gasteiger partial charge on any atom is -0.451 e. The maximum atomic E-state index is 13.8. The van der Waals surface area contributed by atoms with Gasteiger partial charge in [-0.25, -0.2) is 13.9 Å². The SMILES string of the molecule is Cn1nc(C(=O)OCC(=O)N2CCN(c3ccccc3F)CC2)ccc1=O. The van der Waals surface area contributed by atoms with Gasteiger partial charge in [0.15, 0.2) is 12.3 Å². The van der Waals surface area contributed by atoms with E-state index in [0.717, 1.165) is 4.68 Å². The van der Waals surface area contributed by atoms with Gasteiger partial charge >= 0.3 is 5.97 Å². The first-order chi connectivity index (χ1) is 13.0. The molecule has 0 radical (unpaired) electrons. The Labute approximate surface area is 154 Å². The van der Waals surface area contributed by atoms with E-state index in [1.165, 1.54) is 25.2 Å². The van der Waals surface area contributed by atoms with Gasteiger partial charge in [-0.2, -0.15) is 5.10 Å². The van der Waals surface area contributed by atoms with Gasteiger partial charge in [-0.3, -0.25) is 9.59 Å². The number of nitrogens with zero attached hydrogens (tertiary/aromatic N) is 4. The lowest BCUT2D eigenvalue weighted by molar-refractivity contribution is -0.134. The molecule has 1 aromatic carbocycles. The third-order valence-corrected chi connectivity index (χ3v) is 4.32. The highest BCUT2D eigenvalue weighted by Crippen LogP contribution is 2.20. The Balaban J connectivity index is 1.51. The highest BCUT2D eigenvalue weighted by atomic mass is 19.1.